The third-order valence-electron chi connectivity index (χ3n) is 3.61. The Bertz CT molecular complexity index is 962. The fraction of sp³-hybridized carbons (Fsp3) is 0.158. The van der Waals surface area contributed by atoms with Crippen LogP contribution in [0.25, 0.3) is 0 Å². The van der Waals surface area contributed by atoms with Crippen molar-refractivity contribution in [3.05, 3.63) is 68.1 Å². The summed E-state index contributed by atoms with van der Waals surface area (Å²) in [5.74, 6) is 1.22. The second-order valence-corrected chi connectivity index (χ2v) is 7.69. The Kier molecular flexibility index (Phi) is 6.71. The van der Waals surface area contributed by atoms with Crippen LogP contribution in [-0.2, 0) is 6.61 Å². The number of halogens is 2. The summed E-state index contributed by atoms with van der Waals surface area (Å²) in [4.78, 5) is 4.30. The SMILES string of the molecule is COc1cc(C=NNc2nc(C)cs2)c(Br)cc1OCc1ccccc1Cl. The molecule has 0 atom stereocenters. The fourth-order valence-corrected chi connectivity index (χ4v) is 3.51. The lowest BCUT2D eigenvalue weighted by molar-refractivity contribution is 0.284. The van der Waals surface area contributed by atoms with Crippen LogP contribution in [0.1, 0.15) is 16.8 Å². The summed E-state index contributed by atoms with van der Waals surface area (Å²) < 4.78 is 12.2. The number of hydrogen-bond acceptors (Lipinski definition) is 6. The van der Waals surface area contributed by atoms with Crippen LogP contribution >= 0.6 is 38.9 Å². The molecular weight excluding hydrogens is 450 g/mol. The summed E-state index contributed by atoms with van der Waals surface area (Å²) in [6.45, 7) is 2.29. The summed E-state index contributed by atoms with van der Waals surface area (Å²) in [7, 11) is 1.60. The lowest BCUT2D eigenvalue weighted by atomic mass is 10.2. The number of rotatable bonds is 7. The van der Waals surface area contributed by atoms with Crippen molar-refractivity contribution in [3.63, 3.8) is 0 Å². The van der Waals surface area contributed by atoms with E-state index in [2.05, 4.69) is 31.4 Å². The van der Waals surface area contributed by atoms with Gasteiger partial charge in [0.2, 0.25) is 5.13 Å². The lowest BCUT2D eigenvalue weighted by Gasteiger charge is -2.13. The quantitative estimate of drug-likeness (QED) is 0.348. The second kappa shape index (κ2) is 9.21. The van der Waals surface area contributed by atoms with Crippen molar-refractivity contribution in [1.82, 2.24) is 4.98 Å². The summed E-state index contributed by atoms with van der Waals surface area (Å²) in [5, 5.41) is 7.60. The fourth-order valence-electron chi connectivity index (χ4n) is 2.26. The molecule has 1 heterocycles. The number of thiazole rings is 1. The first kappa shape index (κ1) is 19.7. The van der Waals surface area contributed by atoms with E-state index in [1.54, 1.807) is 13.3 Å². The molecule has 0 saturated heterocycles. The van der Waals surface area contributed by atoms with Crippen LogP contribution in [0.2, 0.25) is 5.02 Å². The van der Waals surface area contributed by atoms with Crippen LogP contribution in [0.4, 0.5) is 5.13 Å². The first-order valence-electron chi connectivity index (χ1n) is 8.01. The highest BCUT2D eigenvalue weighted by Crippen LogP contribution is 2.34. The van der Waals surface area contributed by atoms with Crippen LogP contribution in [0.3, 0.4) is 0 Å². The first-order chi connectivity index (χ1) is 13.1. The number of hydrazone groups is 1. The molecule has 2 aromatic carbocycles. The van der Waals surface area contributed by atoms with Crippen LogP contribution in [0, 0.1) is 6.92 Å². The van der Waals surface area contributed by atoms with E-state index < -0.39 is 0 Å². The number of anilines is 1. The van der Waals surface area contributed by atoms with E-state index in [-0.39, 0.29) is 0 Å². The highest BCUT2D eigenvalue weighted by molar-refractivity contribution is 9.10. The van der Waals surface area contributed by atoms with Gasteiger partial charge in [-0.05, 0) is 41.1 Å². The van der Waals surface area contributed by atoms with Crippen molar-refractivity contribution in [2.45, 2.75) is 13.5 Å². The molecule has 0 radical (unpaired) electrons. The molecule has 0 aliphatic rings. The van der Waals surface area contributed by atoms with Gasteiger partial charge in [0.1, 0.15) is 6.61 Å². The van der Waals surface area contributed by atoms with E-state index in [1.807, 2.05) is 48.7 Å². The van der Waals surface area contributed by atoms with Gasteiger partial charge in [0, 0.05) is 26.0 Å². The number of nitrogens with zero attached hydrogens (tertiary/aromatic N) is 2. The average molecular weight is 467 g/mol. The maximum Gasteiger partial charge on any atom is 0.203 e. The van der Waals surface area contributed by atoms with E-state index in [0.29, 0.717) is 23.1 Å². The topological polar surface area (TPSA) is 55.7 Å². The third-order valence-corrected chi connectivity index (χ3v) is 5.53. The monoisotopic (exact) mass is 465 g/mol. The summed E-state index contributed by atoms with van der Waals surface area (Å²) in [6, 6.07) is 11.3. The Hall–Kier alpha value is -2.09. The van der Waals surface area contributed by atoms with E-state index in [9.17, 15) is 0 Å². The normalized spacial score (nSPS) is 11.0. The van der Waals surface area contributed by atoms with Gasteiger partial charge in [0.15, 0.2) is 11.5 Å². The van der Waals surface area contributed by atoms with Crippen LogP contribution in [-0.4, -0.2) is 18.3 Å². The average Bonchev–Trinajstić information content (AvgIpc) is 3.07. The van der Waals surface area contributed by atoms with Gasteiger partial charge in [-0.3, -0.25) is 5.43 Å². The van der Waals surface area contributed by atoms with E-state index in [1.165, 1.54) is 11.3 Å². The molecule has 8 heteroatoms. The van der Waals surface area contributed by atoms with E-state index in [4.69, 9.17) is 21.1 Å². The molecule has 0 aliphatic heterocycles. The van der Waals surface area contributed by atoms with E-state index in [0.717, 1.165) is 26.4 Å². The van der Waals surface area contributed by atoms with Gasteiger partial charge in [0.25, 0.3) is 0 Å². The van der Waals surface area contributed by atoms with Gasteiger partial charge in [-0.1, -0.05) is 29.8 Å². The van der Waals surface area contributed by atoms with Gasteiger partial charge in [-0.2, -0.15) is 5.10 Å². The van der Waals surface area contributed by atoms with Crippen LogP contribution in [0.5, 0.6) is 11.5 Å². The molecule has 27 heavy (non-hydrogen) atoms. The number of benzene rings is 2. The Morgan fingerprint density at radius 2 is 2.11 bits per heavy atom. The lowest BCUT2D eigenvalue weighted by Crippen LogP contribution is -2.00. The van der Waals surface area contributed by atoms with Crippen molar-refractivity contribution < 1.29 is 9.47 Å². The van der Waals surface area contributed by atoms with Crippen molar-refractivity contribution in [2.24, 2.45) is 5.10 Å². The molecule has 5 nitrogen and oxygen atoms in total. The molecule has 0 fully saturated rings. The smallest absolute Gasteiger partial charge is 0.203 e. The molecule has 0 aliphatic carbocycles. The molecule has 0 saturated carbocycles. The second-order valence-electron chi connectivity index (χ2n) is 5.57. The van der Waals surface area contributed by atoms with Gasteiger partial charge in [-0.25, -0.2) is 4.98 Å². The predicted octanol–water partition coefficient (Wildman–Crippen LogP) is 5.90. The number of aryl methyl sites for hydroxylation is 1. The van der Waals surface area contributed by atoms with Crippen LogP contribution in [0.15, 0.2) is 51.4 Å². The summed E-state index contributed by atoms with van der Waals surface area (Å²) >= 11 is 11.2. The molecule has 0 unspecified atom stereocenters. The minimum Gasteiger partial charge on any atom is -0.493 e. The Balaban J connectivity index is 1.73. The number of aromatic nitrogens is 1. The molecule has 3 aromatic rings. The largest absolute Gasteiger partial charge is 0.493 e. The Morgan fingerprint density at radius 3 is 2.81 bits per heavy atom. The van der Waals surface area contributed by atoms with Crippen molar-refractivity contribution in [1.29, 1.82) is 0 Å². The first-order valence-corrected chi connectivity index (χ1v) is 10.1. The maximum atomic E-state index is 6.18. The molecular formula is C19H17BrClN3O2S. The summed E-state index contributed by atoms with van der Waals surface area (Å²) in [6.07, 6.45) is 1.70. The van der Waals surface area contributed by atoms with Crippen LogP contribution < -0.4 is 14.9 Å². The number of nitrogens with one attached hydrogen (secondary N) is 1. The zero-order chi connectivity index (χ0) is 19.2. The zero-order valence-electron chi connectivity index (χ0n) is 14.7. The zero-order valence-corrected chi connectivity index (χ0v) is 17.9. The van der Waals surface area contributed by atoms with Gasteiger partial charge >= 0.3 is 0 Å². The highest BCUT2D eigenvalue weighted by Gasteiger charge is 2.10. The minimum absolute atomic E-state index is 0.348. The van der Waals surface area contributed by atoms with Gasteiger partial charge in [-0.15, -0.1) is 11.3 Å². The molecule has 0 amide bonds. The molecule has 1 aromatic heterocycles. The summed E-state index contributed by atoms with van der Waals surface area (Å²) in [5.41, 5.74) is 5.63. The minimum atomic E-state index is 0.348. The molecule has 3 rings (SSSR count). The third kappa shape index (κ3) is 5.22. The molecule has 0 spiro atoms. The van der Waals surface area contributed by atoms with Crippen molar-refractivity contribution in [3.8, 4) is 11.5 Å². The van der Waals surface area contributed by atoms with Gasteiger partial charge in [0.05, 0.1) is 19.0 Å². The molecule has 1 N–H and O–H groups in total. The predicted molar refractivity (Wildman–Crippen MR) is 115 cm³/mol. The van der Waals surface area contributed by atoms with E-state index >= 15 is 0 Å². The number of ether oxygens (including phenoxy) is 2. The number of hydrogen-bond donors (Lipinski definition) is 1. The Morgan fingerprint density at radius 1 is 1.30 bits per heavy atom. The maximum absolute atomic E-state index is 6.18. The molecule has 0 bridgehead atoms. The standard InChI is InChI=1S/C19H17BrClN3O2S/c1-12-11-27-19(23-12)24-22-9-14-7-17(25-2)18(8-15(14)20)26-10-13-5-3-4-6-16(13)21/h3-9,11H,10H2,1-2H3,(H,23,24). The molecule has 140 valence electrons. The highest BCUT2D eigenvalue weighted by atomic mass is 79.9. The van der Waals surface area contributed by atoms with Crippen molar-refractivity contribution >= 4 is 50.2 Å². The van der Waals surface area contributed by atoms with Crippen molar-refractivity contribution in [2.75, 3.05) is 12.5 Å². The Labute approximate surface area is 175 Å². The van der Waals surface area contributed by atoms with Gasteiger partial charge < -0.3 is 9.47 Å². The number of methoxy groups -OCH3 is 1.